The van der Waals surface area contributed by atoms with Crippen LogP contribution >= 0.6 is 11.3 Å². The minimum absolute atomic E-state index is 0.0573. The van der Waals surface area contributed by atoms with Crippen LogP contribution in [0.1, 0.15) is 72.1 Å². The highest BCUT2D eigenvalue weighted by atomic mass is 32.1. The Morgan fingerprint density at radius 1 is 1.14 bits per heavy atom. The Morgan fingerprint density at radius 3 is 2.63 bits per heavy atom. The summed E-state index contributed by atoms with van der Waals surface area (Å²) in [5.41, 5.74) is 1.27. The molecule has 3 aromatic rings. The fourth-order valence-electron chi connectivity index (χ4n) is 5.25. The van der Waals surface area contributed by atoms with Crippen LogP contribution in [0, 0.1) is 6.92 Å². The van der Waals surface area contributed by atoms with E-state index in [1.54, 1.807) is 23.6 Å². The summed E-state index contributed by atoms with van der Waals surface area (Å²) in [6.07, 6.45) is 5.19. The number of fused-ring (bicyclic) bond motifs is 2. The number of benzene rings is 1. The first-order valence-electron chi connectivity index (χ1n) is 12.1. The first kappa shape index (κ1) is 23.4. The number of rotatable bonds is 4. The number of anilines is 1. The second-order valence-electron chi connectivity index (χ2n) is 9.38. The number of carbonyl (C=O) groups is 3. The van der Waals surface area contributed by atoms with Crippen molar-refractivity contribution in [3.8, 4) is 0 Å². The average Bonchev–Trinajstić information content (AvgIpc) is 3.01. The van der Waals surface area contributed by atoms with Crippen molar-refractivity contribution < 1.29 is 14.4 Å². The molecule has 0 bridgehead atoms. The second-order valence-corrected chi connectivity index (χ2v) is 10.4. The van der Waals surface area contributed by atoms with E-state index >= 15 is 0 Å². The molecule has 2 aliphatic rings. The van der Waals surface area contributed by atoms with Gasteiger partial charge in [-0.15, -0.1) is 11.3 Å². The Labute approximate surface area is 206 Å². The van der Waals surface area contributed by atoms with Gasteiger partial charge in [0.15, 0.2) is 0 Å². The molecule has 0 aliphatic carbocycles. The van der Waals surface area contributed by atoms with Gasteiger partial charge in [0.2, 0.25) is 11.8 Å². The van der Waals surface area contributed by atoms with Crippen LogP contribution in [0.25, 0.3) is 10.2 Å². The normalized spacial score (nSPS) is 20.3. The Kier molecular flexibility index (Phi) is 6.04. The maximum atomic E-state index is 13.2. The van der Waals surface area contributed by atoms with E-state index in [0.29, 0.717) is 52.2 Å². The molecule has 8 nitrogen and oxygen atoms in total. The Balaban J connectivity index is 1.41. The number of aryl methyl sites for hydroxylation is 2. The van der Waals surface area contributed by atoms with Crippen LogP contribution in [-0.2, 0) is 28.0 Å². The lowest BCUT2D eigenvalue weighted by Gasteiger charge is -2.35. The molecular weight excluding hydrogens is 464 g/mol. The topological polar surface area (TPSA) is 110 Å². The summed E-state index contributed by atoms with van der Waals surface area (Å²) in [4.78, 5) is 56.4. The summed E-state index contributed by atoms with van der Waals surface area (Å²) in [6, 6.07) is 7.20. The molecule has 2 aromatic heterocycles. The molecule has 5 rings (SSSR count). The highest BCUT2D eigenvalue weighted by Crippen LogP contribution is 2.36. The molecule has 35 heavy (non-hydrogen) atoms. The number of hydrogen-bond acceptors (Lipinski definition) is 6. The molecule has 1 unspecified atom stereocenters. The zero-order valence-corrected chi connectivity index (χ0v) is 20.7. The predicted molar refractivity (Wildman–Crippen MR) is 135 cm³/mol. The average molecular weight is 493 g/mol. The largest absolute Gasteiger partial charge is 0.321 e. The maximum absolute atomic E-state index is 13.2. The third kappa shape index (κ3) is 3.97. The molecule has 1 aromatic carbocycles. The maximum Gasteiger partial charge on any atom is 0.266 e. The minimum Gasteiger partial charge on any atom is -0.321 e. The Morgan fingerprint density at radius 2 is 1.91 bits per heavy atom. The molecule has 182 valence electrons. The van der Waals surface area contributed by atoms with Gasteiger partial charge in [0.25, 0.3) is 11.5 Å². The monoisotopic (exact) mass is 492 g/mol. The number of carbonyl (C=O) groups excluding carboxylic acids is 3. The number of imide groups is 1. The summed E-state index contributed by atoms with van der Waals surface area (Å²) >= 11 is 1.25. The van der Waals surface area contributed by atoms with Gasteiger partial charge >= 0.3 is 0 Å². The van der Waals surface area contributed by atoms with Crippen LogP contribution < -0.4 is 16.2 Å². The quantitative estimate of drug-likeness (QED) is 0.538. The number of aromatic nitrogens is 2. The molecule has 2 N–H and O–H groups in total. The van der Waals surface area contributed by atoms with E-state index in [-0.39, 0.29) is 23.3 Å². The lowest BCUT2D eigenvalue weighted by Crippen LogP contribution is -2.51. The van der Waals surface area contributed by atoms with Gasteiger partial charge in [-0.2, -0.15) is 0 Å². The first-order chi connectivity index (χ1) is 16.8. The van der Waals surface area contributed by atoms with Gasteiger partial charge < -0.3 is 5.32 Å². The highest BCUT2D eigenvalue weighted by Gasteiger charge is 2.42. The van der Waals surface area contributed by atoms with Crippen molar-refractivity contribution in [1.29, 1.82) is 0 Å². The number of thiophene rings is 1. The van der Waals surface area contributed by atoms with Crippen LogP contribution in [-0.4, -0.2) is 27.3 Å². The van der Waals surface area contributed by atoms with E-state index in [1.165, 1.54) is 11.3 Å². The molecule has 1 fully saturated rings. The lowest BCUT2D eigenvalue weighted by molar-refractivity contribution is -0.138. The van der Waals surface area contributed by atoms with Crippen LogP contribution in [0.2, 0.25) is 0 Å². The standard InChI is InChI=1S/C26H28N4O4S/c1-3-26(13-12-19(31)29-25(26)34)16-8-10-17(11-9-16)27-22(32)21-15(2)20-23(35-21)28-18-7-5-4-6-14-30(18)24(20)33/h8-11H,3-7,12-14H2,1-2H3,(H,27,32)(H,29,31,34). The van der Waals surface area contributed by atoms with Crippen molar-refractivity contribution in [3.63, 3.8) is 0 Å². The van der Waals surface area contributed by atoms with Gasteiger partial charge in [0, 0.05) is 25.1 Å². The summed E-state index contributed by atoms with van der Waals surface area (Å²) < 4.78 is 1.77. The number of nitrogens with one attached hydrogen (secondary N) is 2. The molecule has 4 heterocycles. The van der Waals surface area contributed by atoms with Gasteiger partial charge in [-0.1, -0.05) is 25.5 Å². The van der Waals surface area contributed by atoms with Crippen molar-refractivity contribution >= 4 is 45.0 Å². The molecule has 1 saturated heterocycles. The van der Waals surface area contributed by atoms with Crippen molar-refractivity contribution in [2.24, 2.45) is 0 Å². The Hall–Kier alpha value is -3.33. The van der Waals surface area contributed by atoms with Gasteiger partial charge in [-0.3, -0.25) is 29.1 Å². The number of amides is 3. The number of hydrogen-bond donors (Lipinski definition) is 2. The van der Waals surface area contributed by atoms with E-state index in [0.717, 1.165) is 37.1 Å². The number of nitrogens with zero attached hydrogens (tertiary/aromatic N) is 2. The third-order valence-corrected chi connectivity index (χ3v) is 8.57. The third-order valence-electron chi connectivity index (χ3n) is 7.38. The smallest absolute Gasteiger partial charge is 0.266 e. The Bertz CT molecular complexity index is 1410. The number of piperidine rings is 1. The fourth-order valence-corrected chi connectivity index (χ4v) is 6.34. The van der Waals surface area contributed by atoms with Crippen LogP contribution in [0.3, 0.4) is 0 Å². The van der Waals surface area contributed by atoms with Crippen molar-refractivity contribution in [2.75, 3.05) is 5.32 Å². The van der Waals surface area contributed by atoms with Crippen LogP contribution in [0.5, 0.6) is 0 Å². The van der Waals surface area contributed by atoms with Crippen molar-refractivity contribution in [2.45, 2.75) is 70.8 Å². The first-order valence-corrected chi connectivity index (χ1v) is 12.9. The van der Waals surface area contributed by atoms with Crippen LogP contribution in [0.15, 0.2) is 29.1 Å². The fraction of sp³-hybridized carbons (Fsp3) is 0.423. The van der Waals surface area contributed by atoms with Gasteiger partial charge in [0.05, 0.1) is 15.7 Å². The van der Waals surface area contributed by atoms with E-state index in [4.69, 9.17) is 4.98 Å². The summed E-state index contributed by atoms with van der Waals surface area (Å²) in [6.45, 7) is 4.41. The SMILES string of the molecule is CCC1(c2ccc(NC(=O)c3sc4nc5n(c(=O)c4c3C)CCCCC5)cc2)CCC(=O)NC1=O. The molecule has 3 amide bonds. The van der Waals surface area contributed by atoms with Gasteiger partial charge in [0.1, 0.15) is 10.7 Å². The summed E-state index contributed by atoms with van der Waals surface area (Å²) in [5.74, 6) is 0.00414. The summed E-state index contributed by atoms with van der Waals surface area (Å²) in [5, 5.41) is 5.91. The van der Waals surface area contributed by atoms with Crippen LogP contribution in [0.4, 0.5) is 5.69 Å². The highest BCUT2D eigenvalue weighted by molar-refractivity contribution is 7.20. The zero-order valence-electron chi connectivity index (χ0n) is 19.9. The van der Waals surface area contributed by atoms with Gasteiger partial charge in [-0.25, -0.2) is 4.98 Å². The van der Waals surface area contributed by atoms with E-state index < -0.39 is 5.41 Å². The molecule has 9 heteroatoms. The molecule has 0 spiro atoms. The van der Waals surface area contributed by atoms with E-state index in [9.17, 15) is 19.2 Å². The molecule has 2 aliphatic heterocycles. The molecule has 0 radical (unpaired) electrons. The molecular formula is C26H28N4O4S. The van der Waals surface area contributed by atoms with E-state index in [1.807, 2.05) is 19.1 Å². The molecule has 1 atom stereocenters. The van der Waals surface area contributed by atoms with Crippen molar-refractivity contribution in [3.05, 3.63) is 56.4 Å². The van der Waals surface area contributed by atoms with Crippen molar-refractivity contribution in [1.82, 2.24) is 14.9 Å². The van der Waals surface area contributed by atoms with Gasteiger partial charge in [-0.05, 0) is 55.9 Å². The second kappa shape index (κ2) is 9.03. The molecule has 0 saturated carbocycles. The zero-order chi connectivity index (χ0) is 24.7. The lowest BCUT2D eigenvalue weighted by atomic mass is 9.72. The predicted octanol–water partition coefficient (Wildman–Crippen LogP) is 3.83. The summed E-state index contributed by atoms with van der Waals surface area (Å²) in [7, 11) is 0. The minimum atomic E-state index is -0.746. The van der Waals surface area contributed by atoms with E-state index in [2.05, 4.69) is 10.6 Å².